The molecule has 1 aliphatic rings. The van der Waals surface area contributed by atoms with Crippen LogP contribution in [0.4, 0.5) is 22.2 Å². The molecule has 0 saturated carbocycles. The van der Waals surface area contributed by atoms with Gasteiger partial charge in [-0.25, -0.2) is 9.78 Å². The molecule has 182 valence electrons. The van der Waals surface area contributed by atoms with Crippen molar-refractivity contribution >= 4 is 29.5 Å². The highest BCUT2D eigenvalue weighted by Gasteiger charge is 2.28. The Hall–Kier alpha value is -4.34. The van der Waals surface area contributed by atoms with Gasteiger partial charge in [0.05, 0.1) is 6.54 Å². The number of nitrogens with one attached hydrogen (secondary N) is 2. The van der Waals surface area contributed by atoms with Gasteiger partial charge in [0.25, 0.3) is 5.91 Å². The Bertz CT molecular complexity index is 1190. The lowest BCUT2D eigenvalue weighted by molar-refractivity contribution is 0.0989. The van der Waals surface area contributed by atoms with Gasteiger partial charge in [0.1, 0.15) is 23.2 Å². The predicted octanol–water partition coefficient (Wildman–Crippen LogP) is 3.39. The summed E-state index contributed by atoms with van der Waals surface area (Å²) in [6, 6.07) is 16.6. The second-order valence-corrected chi connectivity index (χ2v) is 8.04. The Morgan fingerprint density at radius 3 is 2.71 bits per heavy atom. The number of hydrogen-bond donors (Lipinski definition) is 3. The second kappa shape index (κ2) is 10.7. The molecule has 0 aliphatic carbocycles. The van der Waals surface area contributed by atoms with E-state index in [0.717, 1.165) is 5.56 Å². The molecule has 0 bridgehead atoms. The monoisotopic (exact) mass is 476 g/mol. The first-order valence-electron chi connectivity index (χ1n) is 11.4. The highest BCUT2D eigenvalue weighted by molar-refractivity contribution is 6.09. The third-order valence-corrected chi connectivity index (χ3v) is 5.62. The topological polar surface area (TPSA) is 120 Å². The first-order chi connectivity index (χ1) is 17.0. The van der Waals surface area contributed by atoms with Crippen LogP contribution in [0.5, 0.6) is 5.75 Å². The van der Waals surface area contributed by atoms with Crippen LogP contribution >= 0.6 is 0 Å². The maximum Gasteiger partial charge on any atom is 0.404 e. The zero-order valence-electron chi connectivity index (χ0n) is 19.6. The summed E-state index contributed by atoms with van der Waals surface area (Å²) >= 11 is 0. The average Bonchev–Trinajstić information content (AvgIpc) is 2.98. The third kappa shape index (κ3) is 5.60. The number of aromatic nitrogens is 2. The number of carbonyl (C=O) groups is 2. The maximum absolute atomic E-state index is 13.5. The van der Waals surface area contributed by atoms with Crippen molar-refractivity contribution in [3.63, 3.8) is 0 Å². The van der Waals surface area contributed by atoms with E-state index in [1.54, 1.807) is 23.2 Å². The van der Waals surface area contributed by atoms with E-state index in [9.17, 15) is 9.59 Å². The van der Waals surface area contributed by atoms with Gasteiger partial charge in [0.2, 0.25) is 5.95 Å². The van der Waals surface area contributed by atoms with E-state index in [1.165, 1.54) is 0 Å². The zero-order valence-corrected chi connectivity index (χ0v) is 19.6. The summed E-state index contributed by atoms with van der Waals surface area (Å²) in [4.78, 5) is 37.0. The summed E-state index contributed by atoms with van der Waals surface area (Å²) < 4.78 is 6.17. The van der Waals surface area contributed by atoms with Crippen molar-refractivity contribution in [2.75, 3.05) is 48.3 Å². The third-order valence-electron chi connectivity index (χ3n) is 5.62. The molecule has 3 N–H and O–H groups in total. The Kier molecular flexibility index (Phi) is 7.30. The van der Waals surface area contributed by atoms with Gasteiger partial charge in [-0.1, -0.05) is 36.4 Å². The first-order valence-corrected chi connectivity index (χ1v) is 11.4. The number of fused-ring (bicyclic) bond motifs is 1. The number of anilines is 3. The molecule has 0 spiro atoms. The minimum atomic E-state index is -1.12. The Morgan fingerprint density at radius 2 is 1.97 bits per heavy atom. The van der Waals surface area contributed by atoms with E-state index in [4.69, 9.17) is 9.84 Å². The van der Waals surface area contributed by atoms with E-state index in [1.807, 2.05) is 61.3 Å². The fourth-order valence-electron chi connectivity index (χ4n) is 3.87. The van der Waals surface area contributed by atoms with Crippen molar-refractivity contribution in [3.8, 4) is 5.75 Å². The molecule has 10 nitrogen and oxygen atoms in total. The fraction of sp³-hybridized carbons (Fsp3) is 0.280. The molecule has 3 aromatic rings. The molecule has 0 fully saturated rings. The van der Waals surface area contributed by atoms with Crippen LogP contribution in [0.15, 0.2) is 60.8 Å². The molecule has 2 heterocycles. The first kappa shape index (κ1) is 23.8. The summed E-state index contributed by atoms with van der Waals surface area (Å²) in [7, 11) is 1.90. The maximum atomic E-state index is 13.5. The van der Waals surface area contributed by atoms with Crippen LogP contribution in [0, 0.1) is 0 Å². The molecule has 1 aliphatic heterocycles. The van der Waals surface area contributed by atoms with Gasteiger partial charge in [-0.05, 0) is 24.6 Å². The number of ether oxygens (including phenoxy) is 1. The quantitative estimate of drug-likeness (QED) is 0.453. The Labute approximate surface area is 203 Å². The lowest BCUT2D eigenvalue weighted by atomic mass is 10.1. The molecule has 0 radical (unpaired) electrons. The minimum Gasteiger partial charge on any atom is -0.484 e. The molecule has 1 atom stereocenters. The zero-order chi connectivity index (χ0) is 24.8. The van der Waals surface area contributed by atoms with Crippen LogP contribution < -0.4 is 25.2 Å². The fourth-order valence-corrected chi connectivity index (χ4v) is 3.87. The molecule has 2 amide bonds. The summed E-state index contributed by atoms with van der Waals surface area (Å²) in [5, 5.41) is 14.5. The molecular weight excluding hydrogens is 448 g/mol. The van der Waals surface area contributed by atoms with Crippen LogP contribution in [0.2, 0.25) is 0 Å². The summed E-state index contributed by atoms with van der Waals surface area (Å²) in [5.74, 6) is 1.39. The highest BCUT2D eigenvalue weighted by atomic mass is 16.5. The van der Waals surface area contributed by atoms with Crippen LogP contribution in [0.3, 0.4) is 0 Å². The number of hydrogen-bond acceptors (Lipinski definition) is 7. The molecule has 0 saturated heterocycles. The molecule has 1 unspecified atom stereocenters. The van der Waals surface area contributed by atoms with Crippen molar-refractivity contribution < 1.29 is 19.4 Å². The SMILES string of the molecule is CCNc1ncc2c(n1)N(C)CCN(c1cccc(OC(CNC(=O)O)c3ccccc3)c1)C2=O. The molecular formula is C25H28N6O4. The van der Waals surface area contributed by atoms with Gasteiger partial charge in [0.15, 0.2) is 0 Å². The van der Waals surface area contributed by atoms with Gasteiger partial charge >= 0.3 is 6.09 Å². The standard InChI is InChI=1S/C25H28N6O4/c1-3-26-24-27-15-20-22(29-24)30(2)12-13-31(23(20)32)18-10-7-11-19(14-18)35-21(16-28-25(33)34)17-8-5-4-6-9-17/h4-11,14-15,21,28H,3,12-13,16H2,1-2H3,(H,33,34)(H,26,27,29). The van der Waals surface area contributed by atoms with E-state index in [0.29, 0.717) is 48.4 Å². The Morgan fingerprint density at radius 1 is 1.17 bits per heavy atom. The molecule has 1 aromatic heterocycles. The highest BCUT2D eigenvalue weighted by Crippen LogP contribution is 2.30. The summed E-state index contributed by atoms with van der Waals surface area (Å²) in [6.45, 7) is 3.76. The van der Waals surface area contributed by atoms with Gasteiger partial charge in [-0.2, -0.15) is 4.98 Å². The number of carboxylic acid groups (broad SMARTS) is 1. The van der Waals surface area contributed by atoms with Crippen molar-refractivity contribution in [1.82, 2.24) is 15.3 Å². The van der Waals surface area contributed by atoms with Crippen molar-refractivity contribution in [3.05, 3.63) is 71.9 Å². The van der Waals surface area contributed by atoms with Crippen LogP contribution in [0.25, 0.3) is 0 Å². The van der Waals surface area contributed by atoms with Crippen LogP contribution in [0.1, 0.15) is 28.9 Å². The smallest absolute Gasteiger partial charge is 0.404 e. The van der Waals surface area contributed by atoms with Crippen LogP contribution in [-0.2, 0) is 0 Å². The second-order valence-electron chi connectivity index (χ2n) is 8.04. The molecule has 10 heteroatoms. The summed E-state index contributed by atoms with van der Waals surface area (Å²) in [6.07, 6.45) is -0.103. The number of benzene rings is 2. The molecule has 4 rings (SSSR count). The lowest BCUT2D eigenvalue weighted by Gasteiger charge is -2.23. The average molecular weight is 477 g/mol. The number of nitrogens with zero attached hydrogens (tertiary/aromatic N) is 4. The number of amides is 2. The van der Waals surface area contributed by atoms with Gasteiger partial charge in [-0.15, -0.1) is 0 Å². The van der Waals surface area contributed by atoms with E-state index in [-0.39, 0.29) is 12.5 Å². The molecule has 2 aromatic carbocycles. The van der Waals surface area contributed by atoms with E-state index >= 15 is 0 Å². The van der Waals surface area contributed by atoms with Gasteiger partial charge in [-0.3, -0.25) is 4.79 Å². The normalized spacial score (nSPS) is 14.1. The number of likely N-dealkylation sites (N-methyl/N-ethyl adjacent to an activating group) is 1. The van der Waals surface area contributed by atoms with Crippen molar-refractivity contribution in [2.24, 2.45) is 0 Å². The van der Waals surface area contributed by atoms with Crippen LogP contribution in [-0.4, -0.2) is 60.3 Å². The van der Waals surface area contributed by atoms with E-state index in [2.05, 4.69) is 20.6 Å². The predicted molar refractivity (Wildman–Crippen MR) is 133 cm³/mol. The van der Waals surface area contributed by atoms with Gasteiger partial charge in [0, 0.05) is 44.6 Å². The van der Waals surface area contributed by atoms with E-state index < -0.39 is 12.2 Å². The van der Waals surface area contributed by atoms with Crippen molar-refractivity contribution in [2.45, 2.75) is 13.0 Å². The minimum absolute atomic E-state index is 0.0792. The van der Waals surface area contributed by atoms with Crippen molar-refractivity contribution in [1.29, 1.82) is 0 Å². The number of carbonyl (C=O) groups excluding carboxylic acids is 1. The lowest BCUT2D eigenvalue weighted by Crippen LogP contribution is -2.33. The Balaban J connectivity index is 1.60. The summed E-state index contributed by atoms with van der Waals surface area (Å²) in [5.41, 5.74) is 1.93. The largest absolute Gasteiger partial charge is 0.484 e. The van der Waals surface area contributed by atoms with Gasteiger partial charge < -0.3 is 30.3 Å². The number of rotatable bonds is 8. The molecule has 35 heavy (non-hydrogen) atoms.